The average molecular weight is 316 g/mol. The van der Waals surface area contributed by atoms with Gasteiger partial charge >= 0.3 is 0 Å². The molecule has 4 nitrogen and oxygen atoms in total. The van der Waals surface area contributed by atoms with Gasteiger partial charge in [-0.05, 0) is 28.1 Å². The molecule has 17 heavy (non-hydrogen) atoms. The highest BCUT2D eigenvalue weighted by atomic mass is 79.9. The van der Waals surface area contributed by atoms with E-state index in [0.29, 0.717) is 10.7 Å². The first kappa shape index (κ1) is 12.7. The molecule has 0 aliphatic rings. The van der Waals surface area contributed by atoms with Crippen LogP contribution in [0.1, 0.15) is 18.9 Å². The number of rotatable bonds is 5. The lowest BCUT2D eigenvalue weighted by Gasteiger charge is -2.04. The fourth-order valence-corrected chi connectivity index (χ4v) is 2.46. The van der Waals surface area contributed by atoms with Crippen molar-refractivity contribution in [3.05, 3.63) is 21.8 Å². The highest BCUT2D eigenvalue weighted by molar-refractivity contribution is 9.10. The van der Waals surface area contributed by atoms with Gasteiger partial charge in [0.05, 0.1) is 0 Å². The predicted octanol–water partition coefficient (Wildman–Crippen LogP) is 3.10. The molecule has 92 valence electrons. The van der Waals surface area contributed by atoms with Gasteiger partial charge in [-0.3, -0.25) is 0 Å². The second kappa shape index (κ2) is 5.75. The van der Waals surface area contributed by atoms with E-state index in [-0.39, 0.29) is 0 Å². The Morgan fingerprint density at radius 2 is 2.24 bits per heavy atom. The molecule has 2 rings (SSSR count). The van der Waals surface area contributed by atoms with Crippen molar-refractivity contribution in [2.75, 3.05) is 6.54 Å². The van der Waals surface area contributed by atoms with Gasteiger partial charge in [0, 0.05) is 19.0 Å². The number of hydrogen-bond acceptors (Lipinski definition) is 5. The number of furan rings is 1. The summed E-state index contributed by atoms with van der Waals surface area (Å²) in [5.41, 5.74) is 0. The van der Waals surface area contributed by atoms with E-state index >= 15 is 0 Å². The third kappa shape index (κ3) is 3.62. The summed E-state index contributed by atoms with van der Waals surface area (Å²) in [6, 6.07) is 4.25. The number of nitrogens with zero attached hydrogens (tertiary/aromatic N) is 2. The standard InChI is InChI=1S/C11H14BrN3OS/c1-7(2)13-6-5-10-14-15-11(17-10)8-3-4-9(12)16-8/h3-4,7,13H,5-6H2,1-2H3. The van der Waals surface area contributed by atoms with Crippen molar-refractivity contribution in [2.24, 2.45) is 0 Å². The molecule has 2 heterocycles. The highest BCUT2D eigenvalue weighted by Crippen LogP contribution is 2.27. The van der Waals surface area contributed by atoms with E-state index in [9.17, 15) is 0 Å². The van der Waals surface area contributed by atoms with Gasteiger partial charge in [0.15, 0.2) is 15.4 Å². The maximum atomic E-state index is 5.43. The summed E-state index contributed by atoms with van der Waals surface area (Å²) in [4.78, 5) is 0. The minimum absolute atomic E-state index is 0.503. The Kier molecular flexibility index (Phi) is 4.31. The fourth-order valence-electron chi connectivity index (χ4n) is 1.35. The molecule has 2 aromatic rings. The van der Waals surface area contributed by atoms with Crippen LogP contribution in [-0.4, -0.2) is 22.8 Å². The van der Waals surface area contributed by atoms with Crippen LogP contribution in [0.4, 0.5) is 0 Å². The van der Waals surface area contributed by atoms with Gasteiger partial charge in [0.1, 0.15) is 5.01 Å². The van der Waals surface area contributed by atoms with Crippen molar-refractivity contribution in [1.82, 2.24) is 15.5 Å². The largest absolute Gasteiger partial charge is 0.447 e. The Bertz CT molecular complexity index is 481. The molecule has 0 fully saturated rings. The third-order valence-electron chi connectivity index (χ3n) is 2.14. The van der Waals surface area contributed by atoms with Crippen LogP contribution < -0.4 is 5.32 Å². The number of nitrogens with one attached hydrogen (secondary N) is 1. The highest BCUT2D eigenvalue weighted by Gasteiger charge is 2.10. The molecule has 0 unspecified atom stereocenters. The Balaban J connectivity index is 1.96. The molecule has 0 saturated carbocycles. The minimum Gasteiger partial charge on any atom is -0.447 e. The fraction of sp³-hybridized carbons (Fsp3) is 0.455. The molecule has 0 saturated heterocycles. The maximum absolute atomic E-state index is 5.43. The van der Waals surface area contributed by atoms with Gasteiger partial charge in [-0.1, -0.05) is 25.2 Å². The molecular formula is C11H14BrN3OS. The van der Waals surface area contributed by atoms with E-state index in [2.05, 4.69) is 45.3 Å². The SMILES string of the molecule is CC(C)NCCc1nnc(-c2ccc(Br)o2)s1. The quantitative estimate of drug-likeness (QED) is 0.921. The normalized spacial score (nSPS) is 11.3. The van der Waals surface area contributed by atoms with Crippen LogP contribution in [0.5, 0.6) is 0 Å². The van der Waals surface area contributed by atoms with E-state index in [4.69, 9.17) is 4.42 Å². The Morgan fingerprint density at radius 3 is 2.88 bits per heavy atom. The first-order chi connectivity index (χ1) is 8.15. The second-order valence-electron chi connectivity index (χ2n) is 3.96. The molecule has 0 aromatic carbocycles. The van der Waals surface area contributed by atoms with Crippen LogP contribution in [0.2, 0.25) is 0 Å². The molecule has 2 aromatic heterocycles. The van der Waals surface area contributed by atoms with Gasteiger partial charge in [0.25, 0.3) is 0 Å². The van der Waals surface area contributed by atoms with E-state index in [1.807, 2.05) is 12.1 Å². The minimum atomic E-state index is 0.503. The summed E-state index contributed by atoms with van der Waals surface area (Å²) in [5.74, 6) is 0.762. The number of aromatic nitrogens is 2. The van der Waals surface area contributed by atoms with Gasteiger partial charge in [-0.25, -0.2) is 0 Å². The van der Waals surface area contributed by atoms with Gasteiger partial charge in [-0.15, -0.1) is 10.2 Å². The van der Waals surface area contributed by atoms with Crippen molar-refractivity contribution < 1.29 is 4.42 Å². The Morgan fingerprint density at radius 1 is 1.41 bits per heavy atom. The van der Waals surface area contributed by atoms with E-state index < -0.39 is 0 Å². The van der Waals surface area contributed by atoms with Crippen molar-refractivity contribution in [3.8, 4) is 10.8 Å². The summed E-state index contributed by atoms with van der Waals surface area (Å²) < 4.78 is 6.15. The summed E-state index contributed by atoms with van der Waals surface area (Å²) in [6.45, 7) is 5.19. The second-order valence-corrected chi connectivity index (χ2v) is 5.81. The molecule has 0 radical (unpaired) electrons. The molecule has 0 spiro atoms. The van der Waals surface area contributed by atoms with Crippen molar-refractivity contribution in [1.29, 1.82) is 0 Å². The summed E-state index contributed by atoms with van der Waals surface area (Å²) in [6.07, 6.45) is 0.901. The zero-order chi connectivity index (χ0) is 12.3. The van der Waals surface area contributed by atoms with Gasteiger partial charge < -0.3 is 9.73 Å². The Labute approximate surface area is 113 Å². The molecule has 0 atom stereocenters. The van der Waals surface area contributed by atoms with Crippen molar-refractivity contribution in [3.63, 3.8) is 0 Å². The van der Waals surface area contributed by atoms with Crippen LogP contribution in [0, 0.1) is 0 Å². The Hall–Kier alpha value is -0.720. The van der Waals surface area contributed by atoms with Crippen LogP contribution >= 0.6 is 27.3 Å². The summed E-state index contributed by atoms with van der Waals surface area (Å²) in [7, 11) is 0. The zero-order valence-electron chi connectivity index (χ0n) is 9.74. The van der Waals surface area contributed by atoms with Crippen molar-refractivity contribution in [2.45, 2.75) is 26.3 Å². The number of halogens is 1. The first-order valence-electron chi connectivity index (χ1n) is 5.46. The summed E-state index contributed by atoms with van der Waals surface area (Å²) in [5, 5.41) is 13.5. The van der Waals surface area contributed by atoms with E-state index in [0.717, 1.165) is 28.7 Å². The lowest BCUT2D eigenvalue weighted by Crippen LogP contribution is -2.24. The average Bonchev–Trinajstić information content (AvgIpc) is 2.86. The molecule has 0 aliphatic carbocycles. The molecule has 0 bridgehead atoms. The van der Waals surface area contributed by atoms with Crippen molar-refractivity contribution >= 4 is 27.3 Å². The lowest BCUT2D eigenvalue weighted by atomic mass is 10.3. The smallest absolute Gasteiger partial charge is 0.183 e. The van der Waals surface area contributed by atoms with Crippen LogP contribution in [0.3, 0.4) is 0 Å². The molecule has 0 aliphatic heterocycles. The van der Waals surface area contributed by atoms with Crippen LogP contribution in [0.15, 0.2) is 21.2 Å². The topological polar surface area (TPSA) is 51.0 Å². The predicted molar refractivity (Wildman–Crippen MR) is 72.2 cm³/mol. The molecule has 1 N–H and O–H groups in total. The molecule has 0 amide bonds. The maximum Gasteiger partial charge on any atom is 0.183 e. The van der Waals surface area contributed by atoms with E-state index in [1.54, 1.807) is 11.3 Å². The molecular weight excluding hydrogens is 302 g/mol. The number of hydrogen-bond donors (Lipinski definition) is 1. The first-order valence-corrected chi connectivity index (χ1v) is 7.07. The van der Waals surface area contributed by atoms with Gasteiger partial charge in [-0.2, -0.15) is 0 Å². The zero-order valence-corrected chi connectivity index (χ0v) is 12.1. The lowest BCUT2D eigenvalue weighted by molar-refractivity contribution is 0.554. The van der Waals surface area contributed by atoms with Crippen LogP contribution in [-0.2, 0) is 6.42 Å². The van der Waals surface area contributed by atoms with Gasteiger partial charge in [0.2, 0.25) is 0 Å². The molecule has 6 heteroatoms. The third-order valence-corrected chi connectivity index (χ3v) is 3.57. The monoisotopic (exact) mass is 315 g/mol. The summed E-state index contributed by atoms with van der Waals surface area (Å²) >= 11 is 4.85. The van der Waals surface area contributed by atoms with Crippen LogP contribution in [0.25, 0.3) is 10.8 Å². The van der Waals surface area contributed by atoms with E-state index in [1.165, 1.54) is 0 Å².